The summed E-state index contributed by atoms with van der Waals surface area (Å²) in [5.74, 6) is 1.44. The van der Waals surface area contributed by atoms with Crippen LogP contribution in [-0.2, 0) is 0 Å². The quantitative estimate of drug-likeness (QED) is 0.386. The van der Waals surface area contributed by atoms with Crippen LogP contribution in [0.4, 0.5) is 0 Å². The van der Waals surface area contributed by atoms with Crippen LogP contribution < -0.4 is 10.4 Å². The van der Waals surface area contributed by atoms with Gasteiger partial charge in [-0.15, -0.1) is 0 Å². The Hall–Kier alpha value is -3.53. The van der Waals surface area contributed by atoms with Crippen molar-refractivity contribution in [3.63, 3.8) is 0 Å². The molecule has 0 aliphatic rings. The second-order valence-electron chi connectivity index (χ2n) is 5.51. The monoisotopic (exact) mass is 330 g/mol. The summed E-state index contributed by atoms with van der Waals surface area (Å²) in [6, 6.07) is 20.1. The molecule has 0 amide bonds. The molecule has 25 heavy (non-hydrogen) atoms. The first kappa shape index (κ1) is 15.0. The maximum absolute atomic E-state index is 12.0. The van der Waals surface area contributed by atoms with Crippen LogP contribution in [-0.4, -0.2) is 0 Å². The van der Waals surface area contributed by atoms with E-state index in [1.165, 1.54) is 6.07 Å². The summed E-state index contributed by atoms with van der Waals surface area (Å²) in [6.07, 6.45) is 1.55. The molecule has 4 heteroatoms. The van der Waals surface area contributed by atoms with Crippen molar-refractivity contribution in [1.29, 1.82) is 0 Å². The maximum Gasteiger partial charge on any atom is 0.336 e. The van der Waals surface area contributed by atoms with Crippen molar-refractivity contribution in [2.45, 2.75) is 0 Å². The summed E-state index contributed by atoms with van der Waals surface area (Å²) in [5.41, 5.74) is 1.82. The van der Waals surface area contributed by atoms with Gasteiger partial charge in [0.1, 0.15) is 11.3 Å². The summed E-state index contributed by atoms with van der Waals surface area (Å²) in [7, 11) is 0. The molecular weight excluding hydrogens is 316 g/mol. The van der Waals surface area contributed by atoms with E-state index in [1.807, 2.05) is 42.5 Å². The highest BCUT2D eigenvalue weighted by atomic mass is 16.5. The van der Waals surface area contributed by atoms with Crippen molar-refractivity contribution in [3.8, 4) is 16.9 Å². The standard InChI is InChI=1S/C21H14O4/c1-14(19-8-5-11-23-19)24-16-9-10-17-18(15-6-3-2-4-7-15)13-21(22)25-20(17)12-16/h2-13H,1H2. The second kappa shape index (κ2) is 6.17. The van der Waals surface area contributed by atoms with Gasteiger partial charge in [0.25, 0.3) is 0 Å². The normalized spacial score (nSPS) is 10.7. The first-order chi connectivity index (χ1) is 12.2. The van der Waals surface area contributed by atoms with E-state index in [9.17, 15) is 4.79 Å². The largest absolute Gasteiger partial charge is 0.461 e. The Morgan fingerprint density at radius 3 is 2.56 bits per heavy atom. The highest BCUT2D eigenvalue weighted by Gasteiger charge is 2.10. The van der Waals surface area contributed by atoms with Crippen molar-refractivity contribution in [2.24, 2.45) is 0 Å². The average molecular weight is 330 g/mol. The third-order valence-corrected chi connectivity index (χ3v) is 3.84. The minimum atomic E-state index is -0.409. The number of rotatable bonds is 4. The number of hydrogen-bond acceptors (Lipinski definition) is 4. The van der Waals surface area contributed by atoms with Gasteiger partial charge in [-0.05, 0) is 35.4 Å². The van der Waals surface area contributed by atoms with Gasteiger partial charge in [-0.2, -0.15) is 0 Å². The SMILES string of the molecule is C=C(Oc1ccc2c(-c3ccccc3)cc(=O)oc2c1)c1ccco1. The van der Waals surface area contributed by atoms with Crippen LogP contribution in [0.15, 0.2) is 93.2 Å². The molecule has 2 aromatic heterocycles. The molecule has 0 fully saturated rings. The molecule has 122 valence electrons. The van der Waals surface area contributed by atoms with Gasteiger partial charge in [-0.25, -0.2) is 4.79 Å². The molecule has 0 bridgehead atoms. The van der Waals surface area contributed by atoms with Gasteiger partial charge in [0.2, 0.25) is 0 Å². The first-order valence-corrected chi connectivity index (χ1v) is 7.75. The average Bonchev–Trinajstić information content (AvgIpc) is 3.16. The number of fused-ring (bicyclic) bond motifs is 1. The van der Waals surface area contributed by atoms with E-state index in [-0.39, 0.29) is 0 Å². The molecule has 2 aromatic carbocycles. The van der Waals surface area contributed by atoms with E-state index in [0.29, 0.717) is 22.9 Å². The summed E-state index contributed by atoms with van der Waals surface area (Å²) < 4.78 is 16.3. The Bertz CT molecular complexity index is 1090. The van der Waals surface area contributed by atoms with E-state index in [1.54, 1.807) is 24.5 Å². The van der Waals surface area contributed by atoms with Crippen LogP contribution in [0.2, 0.25) is 0 Å². The van der Waals surface area contributed by atoms with Crippen LogP contribution in [0.1, 0.15) is 5.76 Å². The molecule has 0 atom stereocenters. The fourth-order valence-corrected chi connectivity index (χ4v) is 2.69. The zero-order chi connectivity index (χ0) is 17.2. The molecule has 4 nitrogen and oxygen atoms in total. The molecular formula is C21H14O4. The number of furan rings is 1. The lowest BCUT2D eigenvalue weighted by Gasteiger charge is -2.09. The molecule has 4 rings (SSSR count). The zero-order valence-electron chi connectivity index (χ0n) is 13.3. The molecule has 0 saturated carbocycles. The third-order valence-electron chi connectivity index (χ3n) is 3.84. The van der Waals surface area contributed by atoms with Gasteiger partial charge in [0, 0.05) is 17.5 Å². The Labute approximate surface area is 143 Å². The van der Waals surface area contributed by atoms with Gasteiger partial charge in [0.05, 0.1) is 6.26 Å². The highest BCUT2D eigenvalue weighted by molar-refractivity contribution is 5.93. The van der Waals surface area contributed by atoms with E-state index in [4.69, 9.17) is 13.6 Å². The maximum atomic E-state index is 12.0. The number of hydrogen-bond donors (Lipinski definition) is 0. The lowest BCUT2D eigenvalue weighted by Crippen LogP contribution is -1.99. The van der Waals surface area contributed by atoms with Crippen LogP contribution in [0.5, 0.6) is 5.75 Å². The van der Waals surface area contributed by atoms with Crippen molar-refractivity contribution in [3.05, 3.63) is 95.8 Å². The number of ether oxygens (including phenoxy) is 1. The predicted molar refractivity (Wildman–Crippen MR) is 96.3 cm³/mol. The summed E-state index contributed by atoms with van der Waals surface area (Å²) >= 11 is 0. The molecule has 0 aliphatic carbocycles. The molecule has 0 aliphatic heterocycles. The molecule has 0 spiro atoms. The van der Waals surface area contributed by atoms with Crippen LogP contribution in [0.25, 0.3) is 27.9 Å². The molecule has 4 aromatic rings. The topological polar surface area (TPSA) is 52.6 Å². The number of benzene rings is 2. The summed E-state index contributed by atoms with van der Waals surface area (Å²) in [6.45, 7) is 3.85. The second-order valence-corrected chi connectivity index (χ2v) is 5.51. The lowest BCUT2D eigenvalue weighted by atomic mass is 10.0. The summed E-state index contributed by atoms with van der Waals surface area (Å²) in [5, 5.41) is 0.835. The molecule has 0 saturated heterocycles. The fraction of sp³-hybridized carbons (Fsp3) is 0. The zero-order valence-corrected chi connectivity index (χ0v) is 13.3. The predicted octanol–water partition coefficient (Wildman–Crippen LogP) is 5.10. The first-order valence-electron chi connectivity index (χ1n) is 7.75. The third kappa shape index (κ3) is 2.97. The Morgan fingerprint density at radius 1 is 0.960 bits per heavy atom. The van der Waals surface area contributed by atoms with E-state index < -0.39 is 5.63 Å². The Kier molecular flexibility index (Phi) is 3.71. The van der Waals surface area contributed by atoms with Gasteiger partial charge in [-0.1, -0.05) is 36.9 Å². The van der Waals surface area contributed by atoms with Crippen LogP contribution in [0, 0.1) is 0 Å². The van der Waals surface area contributed by atoms with Crippen LogP contribution >= 0.6 is 0 Å². The Balaban J connectivity index is 1.77. The van der Waals surface area contributed by atoms with Gasteiger partial charge in [0.15, 0.2) is 11.5 Å². The highest BCUT2D eigenvalue weighted by Crippen LogP contribution is 2.30. The van der Waals surface area contributed by atoms with Gasteiger partial charge < -0.3 is 13.6 Å². The molecule has 0 N–H and O–H groups in total. The van der Waals surface area contributed by atoms with E-state index >= 15 is 0 Å². The molecule has 2 heterocycles. The molecule has 0 unspecified atom stereocenters. The van der Waals surface area contributed by atoms with E-state index in [0.717, 1.165) is 16.5 Å². The molecule has 0 radical (unpaired) electrons. The Morgan fingerprint density at radius 2 is 1.80 bits per heavy atom. The van der Waals surface area contributed by atoms with Gasteiger partial charge >= 0.3 is 5.63 Å². The van der Waals surface area contributed by atoms with Crippen LogP contribution in [0.3, 0.4) is 0 Å². The van der Waals surface area contributed by atoms with Crippen molar-refractivity contribution < 1.29 is 13.6 Å². The van der Waals surface area contributed by atoms with Crippen molar-refractivity contribution in [2.75, 3.05) is 0 Å². The lowest BCUT2D eigenvalue weighted by molar-refractivity contribution is 0.465. The van der Waals surface area contributed by atoms with Gasteiger partial charge in [-0.3, -0.25) is 0 Å². The van der Waals surface area contributed by atoms with E-state index in [2.05, 4.69) is 6.58 Å². The summed E-state index contributed by atoms with van der Waals surface area (Å²) in [4.78, 5) is 12.0. The van der Waals surface area contributed by atoms with Crippen molar-refractivity contribution >= 4 is 16.7 Å². The van der Waals surface area contributed by atoms with Crippen molar-refractivity contribution in [1.82, 2.24) is 0 Å². The fourth-order valence-electron chi connectivity index (χ4n) is 2.69. The smallest absolute Gasteiger partial charge is 0.336 e. The minimum Gasteiger partial charge on any atom is -0.461 e. The minimum absolute atomic E-state index is 0.380.